The molecule has 0 aliphatic rings. The van der Waals surface area contributed by atoms with E-state index in [1.807, 2.05) is 38.1 Å². The van der Waals surface area contributed by atoms with E-state index in [1.54, 1.807) is 31.2 Å². The maximum absolute atomic E-state index is 12.7. The molecule has 3 rings (SSSR count). The Bertz CT molecular complexity index is 941. The van der Waals surface area contributed by atoms with Crippen LogP contribution in [0.3, 0.4) is 0 Å². The molecule has 1 heterocycles. The van der Waals surface area contributed by atoms with Crippen LogP contribution in [0, 0.1) is 20.8 Å². The number of hydrogen-bond donors (Lipinski definition) is 0. The lowest BCUT2D eigenvalue weighted by Gasteiger charge is -2.05. The van der Waals surface area contributed by atoms with Crippen molar-refractivity contribution in [2.75, 3.05) is 0 Å². The molecule has 1 aromatic heterocycles. The Hall–Kier alpha value is -2.47. The number of nitrogens with zero attached hydrogens (tertiary/aromatic N) is 3. The average Bonchev–Trinajstić information content (AvgIpc) is 2.91. The van der Waals surface area contributed by atoms with Crippen molar-refractivity contribution in [1.29, 1.82) is 0 Å². The van der Waals surface area contributed by atoms with Gasteiger partial charge < -0.3 is 0 Å². The van der Waals surface area contributed by atoms with Gasteiger partial charge in [0.2, 0.25) is 0 Å². The minimum atomic E-state index is -3.74. The Balaban J connectivity index is 2.07. The van der Waals surface area contributed by atoms with Gasteiger partial charge in [0.1, 0.15) is 5.82 Å². The maximum atomic E-state index is 12.7. The van der Waals surface area contributed by atoms with Crippen LogP contribution in [0.25, 0.3) is 11.4 Å². The first-order valence-corrected chi connectivity index (χ1v) is 8.65. The molecule has 0 spiro atoms. The zero-order valence-corrected chi connectivity index (χ0v) is 14.0. The molecule has 0 saturated heterocycles. The van der Waals surface area contributed by atoms with Gasteiger partial charge in [-0.25, -0.2) is 4.98 Å². The molecular formula is C17H17N3O2S. The van der Waals surface area contributed by atoms with Gasteiger partial charge in [0.25, 0.3) is 10.0 Å². The Kier molecular flexibility index (Phi) is 3.77. The summed E-state index contributed by atoms with van der Waals surface area (Å²) < 4.78 is 26.4. The van der Waals surface area contributed by atoms with Crippen LogP contribution in [0.2, 0.25) is 0 Å². The van der Waals surface area contributed by atoms with Crippen LogP contribution in [0.15, 0.2) is 53.4 Å². The van der Waals surface area contributed by atoms with E-state index < -0.39 is 10.0 Å². The standard InChI is InChI=1S/C17H17N3O2S/c1-12-4-8-15(9-5-12)17-18-14(3)20(19-17)23(21,22)16-10-6-13(2)7-11-16/h4-11H,1-3H3. The summed E-state index contributed by atoms with van der Waals surface area (Å²) >= 11 is 0. The summed E-state index contributed by atoms with van der Waals surface area (Å²) in [6.45, 7) is 5.53. The van der Waals surface area contributed by atoms with E-state index in [-0.39, 0.29) is 4.90 Å². The Morgan fingerprint density at radius 3 is 1.91 bits per heavy atom. The average molecular weight is 327 g/mol. The zero-order chi connectivity index (χ0) is 16.6. The van der Waals surface area contributed by atoms with Crippen molar-refractivity contribution in [2.45, 2.75) is 25.7 Å². The summed E-state index contributed by atoms with van der Waals surface area (Å²) in [6, 6.07) is 14.3. The topological polar surface area (TPSA) is 64.8 Å². The Labute approximate surface area is 135 Å². The van der Waals surface area contributed by atoms with E-state index in [4.69, 9.17) is 0 Å². The van der Waals surface area contributed by atoms with Crippen LogP contribution in [-0.2, 0) is 10.0 Å². The quantitative estimate of drug-likeness (QED) is 0.741. The summed E-state index contributed by atoms with van der Waals surface area (Å²) in [5.74, 6) is 0.735. The van der Waals surface area contributed by atoms with Crippen molar-refractivity contribution in [3.8, 4) is 11.4 Å². The molecule has 0 aliphatic carbocycles. The molecule has 23 heavy (non-hydrogen) atoms. The van der Waals surface area contributed by atoms with E-state index in [9.17, 15) is 8.42 Å². The summed E-state index contributed by atoms with van der Waals surface area (Å²) in [5, 5.41) is 4.20. The van der Waals surface area contributed by atoms with Crippen molar-refractivity contribution in [1.82, 2.24) is 14.2 Å². The lowest BCUT2D eigenvalue weighted by Crippen LogP contribution is -2.16. The van der Waals surface area contributed by atoms with Crippen molar-refractivity contribution in [3.63, 3.8) is 0 Å². The fraction of sp³-hybridized carbons (Fsp3) is 0.176. The van der Waals surface area contributed by atoms with Gasteiger partial charge in [-0.05, 0) is 32.9 Å². The maximum Gasteiger partial charge on any atom is 0.284 e. The molecule has 6 heteroatoms. The van der Waals surface area contributed by atoms with Crippen LogP contribution < -0.4 is 0 Å². The van der Waals surface area contributed by atoms with Crippen LogP contribution >= 0.6 is 0 Å². The Morgan fingerprint density at radius 1 is 0.826 bits per heavy atom. The molecule has 3 aromatic rings. The van der Waals surface area contributed by atoms with E-state index in [2.05, 4.69) is 10.1 Å². The second-order valence-electron chi connectivity index (χ2n) is 5.51. The fourth-order valence-electron chi connectivity index (χ4n) is 2.24. The first-order chi connectivity index (χ1) is 10.9. The third kappa shape index (κ3) is 2.90. The third-order valence-electron chi connectivity index (χ3n) is 3.59. The smallest absolute Gasteiger partial charge is 0.211 e. The lowest BCUT2D eigenvalue weighted by atomic mass is 10.1. The number of aryl methyl sites for hydroxylation is 3. The normalized spacial score (nSPS) is 11.6. The van der Waals surface area contributed by atoms with E-state index in [0.29, 0.717) is 11.6 Å². The predicted molar refractivity (Wildman–Crippen MR) is 88.7 cm³/mol. The van der Waals surface area contributed by atoms with Crippen LogP contribution in [0.5, 0.6) is 0 Å². The minimum Gasteiger partial charge on any atom is -0.211 e. The molecule has 0 saturated carbocycles. The number of hydrogen-bond acceptors (Lipinski definition) is 4. The van der Waals surface area contributed by atoms with Crippen molar-refractivity contribution < 1.29 is 8.42 Å². The Morgan fingerprint density at radius 2 is 1.35 bits per heavy atom. The molecule has 0 N–H and O–H groups in total. The van der Waals surface area contributed by atoms with Gasteiger partial charge in [0.05, 0.1) is 4.90 Å². The number of rotatable bonds is 3. The molecule has 118 valence electrons. The third-order valence-corrected chi connectivity index (χ3v) is 5.26. The monoisotopic (exact) mass is 327 g/mol. The first kappa shape index (κ1) is 15.4. The molecule has 0 bridgehead atoms. The fourth-order valence-corrected chi connectivity index (χ4v) is 3.49. The molecule has 0 radical (unpaired) electrons. The molecular weight excluding hydrogens is 310 g/mol. The van der Waals surface area contributed by atoms with Crippen molar-refractivity contribution >= 4 is 10.0 Å². The van der Waals surface area contributed by atoms with E-state index in [0.717, 1.165) is 20.8 Å². The summed E-state index contributed by atoms with van der Waals surface area (Å²) in [7, 11) is -3.74. The second kappa shape index (κ2) is 5.62. The first-order valence-electron chi connectivity index (χ1n) is 7.21. The number of aromatic nitrogens is 3. The van der Waals surface area contributed by atoms with Crippen LogP contribution in [0.4, 0.5) is 0 Å². The van der Waals surface area contributed by atoms with Gasteiger partial charge in [-0.15, -0.1) is 9.19 Å². The SMILES string of the molecule is Cc1ccc(-c2nc(C)n(S(=O)(=O)c3ccc(C)cc3)n2)cc1. The molecule has 0 atom stereocenters. The summed E-state index contributed by atoms with van der Waals surface area (Å²) in [5.41, 5.74) is 2.91. The van der Waals surface area contributed by atoms with Gasteiger partial charge in [-0.2, -0.15) is 8.42 Å². The van der Waals surface area contributed by atoms with Gasteiger partial charge in [0, 0.05) is 5.56 Å². The lowest BCUT2D eigenvalue weighted by molar-refractivity contribution is 0.578. The van der Waals surface area contributed by atoms with Gasteiger partial charge in [0.15, 0.2) is 5.82 Å². The molecule has 0 unspecified atom stereocenters. The van der Waals surface area contributed by atoms with E-state index >= 15 is 0 Å². The van der Waals surface area contributed by atoms with Crippen molar-refractivity contribution in [2.24, 2.45) is 0 Å². The molecule has 0 aliphatic heterocycles. The van der Waals surface area contributed by atoms with E-state index in [1.165, 1.54) is 0 Å². The van der Waals surface area contributed by atoms with Gasteiger partial charge in [-0.3, -0.25) is 0 Å². The summed E-state index contributed by atoms with van der Waals surface area (Å²) in [4.78, 5) is 4.49. The molecule has 0 fully saturated rings. The highest BCUT2D eigenvalue weighted by atomic mass is 32.2. The van der Waals surface area contributed by atoms with Crippen molar-refractivity contribution in [3.05, 3.63) is 65.5 Å². The highest BCUT2D eigenvalue weighted by Crippen LogP contribution is 2.20. The highest BCUT2D eigenvalue weighted by Gasteiger charge is 2.22. The minimum absolute atomic E-state index is 0.201. The van der Waals surface area contributed by atoms with Crippen LogP contribution in [0.1, 0.15) is 17.0 Å². The second-order valence-corrected chi connectivity index (χ2v) is 7.28. The highest BCUT2D eigenvalue weighted by molar-refractivity contribution is 7.89. The summed E-state index contributed by atoms with van der Waals surface area (Å²) in [6.07, 6.45) is 0. The van der Waals surface area contributed by atoms with Gasteiger partial charge in [-0.1, -0.05) is 47.5 Å². The predicted octanol–water partition coefficient (Wildman–Crippen LogP) is 3.11. The van der Waals surface area contributed by atoms with Gasteiger partial charge >= 0.3 is 0 Å². The molecule has 5 nitrogen and oxygen atoms in total. The number of benzene rings is 2. The van der Waals surface area contributed by atoms with Crippen LogP contribution in [-0.4, -0.2) is 22.6 Å². The molecule has 0 amide bonds. The largest absolute Gasteiger partial charge is 0.284 e. The zero-order valence-electron chi connectivity index (χ0n) is 13.2. The molecule has 2 aromatic carbocycles.